The molecular weight excluding hydrogens is 342 g/mol. The summed E-state index contributed by atoms with van der Waals surface area (Å²) in [6.45, 7) is 1.06. The van der Waals surface area contributed by atoms with Gasteiger partial charge in [-0.05, 0) is 44.0 Å². The summed E-state index contributed by atoms with van der Waals surface area (Å²) in [6.07, 6.45) is 5.54. The van der Waals surface area contributed by atoms with Gasteiger partial charge in [-0.2, -0.15) is 5.26 Å². The zero-order valence-corrected chi connectivity index (χ0v) is 17.0. The highest BCUT2D eigenvalue weighted by atomic mass is 16.5. The van der Waals surface area contributed by atoms with E-state index in [4.69, 9.17) is 9.47 Å². The molecular formula is C21H31N3O3. The summed E-state index contributed by atoms with van der Waals surface area (Å²) < 4.78 is 10.6. The average Bonchev–Trinajstić information content (AvgIpc) is 2.71. The standard InChI is InChI=1S/C21H31N3O3/c1-23(13-10-17-8-9-18(26-3)19(14-17)27-4)15-20(25)24(2)21(16-22)11-6-5-7-12-21/h8-9,14H,5-7,10-13,15H2,1-4H3. The number of rotatable bonds is 8. The molecule has 0 aliphatic heterocycles. The SMILES string of the molecule is COc1ccc(CCN(C)CC(=O)N(C)C2(C#N)CCCCC2)cc1OC. The minimum Gasteiger partial charge on any atom is -0.493 e. The topological polar surface area (TPSA) is 65.8 Å². The molecule has 1 aliphatic rings. The fourth-order valence-electron chi connectivity index (χ4n) is 3.67. The first-order valence-corrected chi connectivity index (χ1v) is 9.53. The van der Waals surface area contributed by atoms with Crippen molar-refractivity contribution < 1.29 is 14.3 Å². The van der Waals surface area contributed by atoms with Crippen molar-refractivity contribution in [1.29, 1.82) is 5.26 Å². The highest BCUT2D eigenvalue weighted by molar-refractivity contribution is 5.79. The van der Waals surface area contributed by atoms with E-state index in [1.165, 1.54) is 0 Å². The second-order valence-electron chi connectivity index (χ2n) is 7.33. The van der Waals surface area contributed by atoms with Gasteiger partial charge in [0.05, 0.1) is 26.8 Å². The number of amides is 1. The lowest BCUT2D eigenvalue weighted by molar-refractivity contribution is -0.135. The van der Waals surface area contributed by atoms with Gasteiger partial charge in [-0.25, -0.2) is 0 Å². The Morgan fingerprint density at radius 3 is 2.41 bits per heavy atom. The Morgan fingerprint density at radius 2 is 1.81 bits per heavy atom. The van der Waals surface area contributed by atoms with E-state index < -0.39 is 5.54 Å². The van der Waals surface area contributed by atoms with E-state index in [1.54, 1.807) is 26.2 Å². The van der Waals surface area contributed by atoms with Crippen LogP contribution in [-0.2, 0) is 11.2 Å². The van der Waals surface area contributed by atoms with Gasteiger partial charge < -0.3 is 14.4 Å². The second kappa shape index (κ2) is 9.61. The molecule has 0 radical (unpaired) electrons. The third-order valence-electron chi connectivity index (χ3n) is 5.54. The fourth-order valence-corrected chi connectivity index (χ4v) is 3.67. The van der Waals surface area contributed by atoms with Gasteiger partial charge in [0.25, 0.3) is 0 Å². The molecule has 1 saturated carbocycles. The van der Waals surface area contributed by atoms with Gasteiger partial charge in [0, 0.05) is 13.6 Å². The van der Waals surface area contributed by atoms with E-state index in [2.05, 4.69) is 6.07 Å². The van der Waals surface area contributed by atoms with Crippen molar-refractivity contribution in [3.05, 3.63) is 23.8 Å². The van der Waals surface area contributed by atoms with Crippen LogP contribution in [0.15, 0.2) is 18.2 Å². The summed E-state index contributed by atoms with van der Waals surface area (Å²) >= 11 is 0. The lowest BCUT2D eigenvalue weighted by Crippen LogP contribution is -2.52. The van der Waals surface area contributed by atoms with Gasteiger partial charge >= 0.3 is 0 Å². The monoisotopic (exact) mass is 373 g/mol. The van der Waals surface area contributed by atoms with Crippen LogP contribution in [0.2, 0.25) is 0 Å². The van der Waals surface area contributed by atoms with Gasteiger partial charge in [-0.3, -0.25) is 9.69 Å². The maximum Gasteiger partial charge on any atom is 0.237 e. The molecule has 1 amide bonds. The Morgan fingerprint density at radius 1 is 1.15 bits per heavy atom. The molecule has 0 unspecified atom stereocenters. The Labute approximate surface area is 162 Å². The quantitative estimate of drug-likeness (QED) is 0.701. The van der Waals surface area contributed by atoms with Gasteiger partial charge in [0.1, 0.15) is 5.54 Å². The van der Waals surface area contributed by atoms with Crippen LogP contribution in [0.25, 0.3) is 0 Å². The highest BCUT2D eigenvalue weighted by Gasteiger charge is 2.38. The number of nitriles is 1. The second-order valence-corrected chi connectivity index (χ2v) is 7.33. The van der Waals surface area contributed by atoms with Crippen molar-refractivity contribution in [2.45, 2.75) is 44.1 Å². The molecule has 6 nitrogen and oxygen atoms in total. The molecule has 0 heterocycles. The zero-order valence-electron chi connectivity index (χ0n) is 17.0. The van der Waals surface area contributed by atoms with E-state index in [-0.39, 0.29) is 5.91 Å². The number of hydrogen-bond acceptors (Lipinski definition) is 5. The number of hydrogen-bond donors (Lipinski definition) is 0. The summed E-state index contributed by atoms with van der Waals surface area (Å²) in [5.41, 5.74) is 0.501. The predicted octanol–water partition coefficient (Wildman–Crippen LogP) is 2.86. The molecule has 148 valence electrons. The average molecular weight is 373 g/mol. The minimum absolute atomic E-state index is 0.00765. The van der Waals surface area contributed by atoms with Crippen LogP contribution in [-0.4, -0.2) is 62.7 Å². The molecule has 1 aliphatic carbocycles. The number of ether oxygens (including phenoxy) is 2. The first-order chi connectivity index (χ1) is 13.0. The van der Waals surface area contributed by atoms with Crippen LogP contribution in [0, 0.1) is 11.3 Å². The molecule has 6 heteroatoms. The molecule has 0 aromatic heterocycles. The van der Waals surface area contributed by atoms with Gasteiger partial charge in [-0.15, -0.1) is 0 Å². The molecule has 0 N–H and O–H groups in total. The molecule has 0 atom stereocenters. The van der Waals surface area contributed by atoms with Gasteiger partial charge in [-0.1, -0.05) is 25.3 Å². The van der Waals surface area contributed by atoms with E-state index in [9.17, 15) is 10.1 Å². The molecule has 27 heavy (non-hydrogen) atoms. The van der Waals surface area contributed by atoms with E-state index in [0.29, 0.717) is 18.0 Å². The molecule has 0 saturated heterocycles. The summed E-state index contributed by atoms with van der Waals surface area (Å²) in [7, 11) is 6.96. The number of methoxy groups -OCH3 is 2. The van der Waals surface area contributed by atoms with Crippen molar-refractivity contribution in [2.75, 3.05) is 41.4 Å². The Balaban J connectivity index is 1.90. The van der Waals surface area contributed by atoms with E-state index in [1.807, 2.05) is 30.1 Å². The number of carbonyl (C=O) groups is 1. The summed E-state index contributed by atoms with van der Waals surface area (Å²) in [5, 5.41) is 9.66. The molecule has 0 spiro atoms. The predicted molar refractivity (Wildman–Crippen MR) is 105 cm³/mol. The Kier molecular flexibility index (Phi) is 7.49. The molecule has 1 aromatic rings. The van der Waals surface area contributed by atoms with Gasteiger partial charge in [0.2, 0.25) is 5.91 Å². The zero-order chi connectivity index (χ0) is 19.9. The molecule has 2 rings (SSSR count). The first-order valence-electron chi connectivity index (χ1n) is 9.53. The smallest absolute Gasteiger partial charge is 0.237 e. The number of benzene rings is 1. The normalized spacial score (nSPS) is 15.9. The van der Waals surface area contributed by atoms with Crippen molar-refractivity contribution in [3.63, 3.8) is 0 Å². The van der Waals surface area contributed by atoms with E-state index >= 15 is 0 Å². The van der Waals surface area contributed by atoms with Crippen LogP contribution >= 0.6 is 0 Å². The largest absolute Gasteiger partial charge is 0.493 e. The lowest BCUT2D eigenvalue weighted by Gasteiger charge is -2.39. The number of carbonyl (C=O) groups excluding carboxylic acids is 1. The summed E-state index contributed by atoms with van der Waals surface area (Å²) in [4.78, 5) is 16.4. The lowest BCUT2D eigenvalue weighted by atomic mass is 9.81. The van der Waals surface area contributed by atoms with Crippen molar-refractivity contribution in [1.82, 2.24) is 9.80 Å². The number of likely N-dealkylation sites (N-methyl/N-ethyl adjacent to an activating group) is 2. The van der Waals surface area contributed by atoms with Gasteiger partial charge in [0.15, 0.2) is 11.5 Å². The maximum atomic E-state index is 12.7. The van der Waals surface area contributed by atoms with Crippen LogP contribution in [0.1, 0.15) is 37.7 Å². The third-order valence-corrected chi connectivity index (χ3v) is 5.54. The Bertz CT molecular complexity index is 678. The van der Waals surface area contributed by atoms with Crippen LogP contribution < -0.4 is 9.47 Å². The first kappa shape index (κ1) is 21.0. The van der Waals surface area contributed by atoms with Crippen molar-refractivity contribution >= 4 is 5.91 Å². The minimum atomic E-state index is -0.625. The summed E-state index contributed by atoms with van der Waals surface area (Å²) in [6, 6.07) is 8.28. The number of nitrogens with zero attached hydrogens (tertiary/aromatic N) is 3. The highest BCUT2D eigenvalue weighted by Crippen LogP contribution is 2.32. The maximum absolute atomic E-state index is 12.7. The fraction of sp³-hybridized carbons (Fsp3) is 0.619. The van der Waals surface area contributed by atoms with Crippen LogP contribution in [0.3, 0.4) is 0 Å². The van der Waals surface area contributed by atoms with E-state index in [0.717, 1.165) is 50.6 Å². The molecule has 0 bridgehead atoms. The summed E-state index contributed by atoms with van der Waals surface area (Å²) in [5.74, 6) is 1.43. The molecule has 1 aromatic carbocycles. The third kappa shape index (κ3) is 5.14. The van der Waals surface area contributed by atoms with Crippen molar-refractivity contribution in [3.8, 4) is 17.6 Å². The Hall–Kier alpha value is -2.26. The molecule has 1 fully saturated rings. The van der Waals surface area contributed by atoms with Crippen LogP contribution in [0.5, 0.6) is 11.5 Å². The van der Waals surface area contributed by atoms with Crippen LogP contribution in [0.4, 0.5) is 0 Å². The van der Waals surface area contributed by atoms with Crippen molar-refractivity contribution in [2.24, 2.45) is 0 Å².